The summed E-state index contributed by atoms with van der Waals surface area (Å²) in [6.45, 7) is 0.527. The summed E-state index contributed by atoms with van der Waals surface area (Å²) in [6.07, 6.45) is 5.83. The molecule has 0 aliphatic carbocycles. The van der Waals surface area contributed by atoms with Crippen LogP contribution in [0.25, 0.3) is 33.6 Å². The lowest BCUT2D eigenvalue weighted by Crippen LogP contribution is -2.45. The van der Waals surface area contributed by atoms with Gasteiger partial charge in [-0.1, -0.05) is 91.0 Å². The van der Waals surface area contributed by atoms with Crippen molar-refractivity contribution in [3.8, 4) is 39.4 Å². The first-order chi connectivity index (χ1) is 29.8. The van der Waals surface area contributed by atoms with Crippen LogP contribution in [-0.2, 0) is 19.1 Å². The van der Waals surface area contributed by atoms with Crippen LogP contribution in [0.15, 0.2) is 127 Å². The van der Waals surface area contributed by atoms with E-state index in [1.165, 1.54) is 7.11 Å². The first kappa shape index (κ1) is 39.1. The number of carbonyl (C=O) groups is 3. The molecule has 0 unspecified atom stereocenters. The van der Waals surface area contributed by atoms with Gasteiger partial charge in [-0.25, -0.2) is 14.8 Å². The fourth-order valence-electron chi connectivity index (χ4n) is 8.77. The van der Waals surface area contributed by atoms with Crippen LogP contribution in [0.1, 0.15) is 72.6 Å². The molecule has 2 aromatic heterocycles. The number of benzene rings is 4. The number of rotatable bonds is 11. The quantitative estimate of drug-likeness (QED) is 0.102. The molecule has 3 amide bonds. The molecule has 3 aliphatic heterocycles. The highest BCUT2D eigenvalue weighted by Gasteiger charge is 2.45. The van der Waals surface area contributed by atoms with E-state index >= 15 is 0 Å². The number of nitrogens with one attached hydrogen (secondary N) is 4. The van der Waals surface area contributed by atoms with E-state index < -0.39 is 18.2 Å². The number of fused-ring (bicyclic) bond motifs is 1. The lowest BCUT2D eigenvalue weighted by Gasteiger charge is -2.35. The van der Waals surface area contributed by atoms with Crippen molar-refractivity contribution in [1.29, 1.82) is 0 Å². The summed E-state index contributed by atoms with van der Waals surface area (Å²) in [6, 6.07) is 31.1. The number of imidazole rings is 2. The second-order valence-electron chi connectivity index (χ2n) is 15.3. The number of ether oxygens (including phenoxy) is 3. The Hall–Kier alpha value is -7.35. The molecule has 2 saturated heterocycles. The first-order valence-corrected chi connectivity index (χ1v) is 20.4. The number of carbonyl (C=O) groups excluding carboxylic acids is 3. The molecule has 14 heteroatoms. The monoisotopic (exact) mass is 818 g/mol. The van der Waals surface area contributed by atoms with E-state index in [0.717, 1.165) is 70.0 Å². The third-order valence-electron chi connectivity index (χ3n) is 11.8. The maximum atomic E-state index is 14.0. The van der Waals surface area contributed by atoms with Gasteiger partial charge in [-0.2, -0.15) is 0 Å². The number of aromatic nitrogens is 4. The lowest BCUT2D eigenvalue weighted by atomic mass is 9.99. The van der Waals surface area contributed by atoms with Crippen molar-refractivity contribution in [2.24, 2.45) is 0 Å². The number of allylic oxidation sites excluding steroid dienone is 1. The standard InChI is InChI=1S/C47H46N8O6/c1-59-39-23-20-32(25-33(39)35-27-49-42(51-35)36-15-10-24-54(36)45(56)40(53-47(58)61-3)30-11-6-4-7-12-30)28-16-18-29(19-17-28)34-26-48-43(50-34)37-21-22-38-44(60-2)52-41(46(57)55(37)38)31-13-8-5-9-14-31/h4-9,11-14,16-20,23,25-27,36-37,40-41,52H,10,15,21-22,24H2,1-3H3,(H,48,50)(H,49,51)(H,53,58)/t36-,37-,40+,41+/m0/s1. The molecule has 0 spiro atoms. The molecule has 0 radical (unpaired) electrons. The zero-order chi connectivity index (χ0) is 42.0. The number of amides is 3. The van der Waals surface area contributed by atoms with Crippen molar-refractivity contribution >= 4 is 17.9 Å². The van der Waals surface area contributed by atoms with Gasteiger partial charge in [0, 0.05) is 12.1 Å². The van der Waals surface area contributed by atoms with Crippen molar-refractivity contribution < 1.29 is 28.6 Å². The highest BCUT2D eigenvalue weighted by Crippen LogP contribution is 2.44. The van der Waals surface area contributed by atoms with Crippen LogP contribution in [0.2, 0.25) is 0 Å². The minimum atomic E-state index is -0.906. The Morgan fingerprint density at radius 2 is 1.44 bits per heavy atom. The smallest absolute Gasteiger partial charge is 0.407 e. The number of aromatic amines is 2. The van der Waals surface area contributed by atoms with Crippen LogP contribution >= 0.6 is 0 Å². The van der Waals surface area contributed by atoms with Gasteiger partial charge in [0.1, 0.15) is 29.5 Å². The number of alkyl carbamates (subject to hydrolysis) is 1. The normalized spacial score (nSPS) is 19.0. The average molecular weight is 819 g/mol. The molecule has 9 rings (SSSR count). The topological polar surface area (TPSA) is 167 Å². The number of methoxy groups -OCH3 is 3. The minimum absolute atomic E-state index is 0.0328. The highest BCUT2D eigenvalue weighted by atomic mass is 16.5. The fraction of sp³-hybridized carbons (Fsp3) is 0.255. The maximum absolute atomic E-state index is 14.0. The summed E-state index contributed by atoms with van der Waals surface area (Å²) in [5.41, 5.74) is 7.75. The van der Waals surface area contributed by atoms with Crippen LogP contribution in [0.3, 0.4) is 0 Å². The second kappa shape index (κ2) is 16.7. The molecule has 3 aliphatic rings. The van der Waals surface area contributed by atoms with Gasteiger partial charge in [-0.15, -0.1) is 0 Å². The average Bonchev–Trinajstić information content (AvgIpc) is 4.16. The van der Waals surface area contributed by atoms with Gasteiger partial charge in [0.2, 0.25) is 5.88 Å². The molecular weight excluding hydrogens is 773 g/mol. The molecule has 4 aromatic carbocycles. The molecule has 4 N–H and O–H groups in total. The Balaban J connectivity index is 0.930. The van der Waals surface area contributed by atoms with Crippen molar-refractivity contribution in [3.05, 3.63) is 150 Å². The summed E-state index contributed by atoms with van der Waals surface area (Å²) in [5.74, 6) is 2.40. The number of H-pyrrole nitrogens is 2. The van der Waals surface area contributed by atoms with Gasteiger partial charge in [0.25, 0.3) is 11.8 Å². The second-order valence-corrected chi connectivity index (χ2v) is 15.3. The van der Waals surface area contributed by atoms with E-state index in [4.69, 9.17) is 24.2 Å². The number of likely N-dealkylation sites (tertiary alicyclic amines) is 1. The third-order valence-corrected chi connectivity index (χ3v) is 11.8. The van der Waals surface area contributed by atoms with E-state index in [0.29, 0.717) is 36.0 Å². The summed E-state index contributed by atoms with van der Waals surface area (Å²) in [5, 5.41) is 6.03. The third kappa shape index (κ3) is 7.45. The lowest BCUT2D eigenvalue weighted by molar-refractivity contribution is -0.135. The Kier molecular flexibility index (Phi) is 10.7. The van der Waals surface area contributed by atoms with Crippen LogP contribution in [0, 0.1) is 0 Å². The van der Waals surface area contributed by atoms with Crippen molar-refractivity contribution in [2.75, 3.05) is 27.9 Å². The fourth-order valence-corrected chi connectivity index (χ4v) is 8.77. The van der Waals surface area contributed by atoms with E-state index in [2.05, 4.69) is 50.9 Å². The molecule has 61 heavy (non-hydrogen) atoms. The van der Waals surface area contributed by atoms with E-state index in [9.17, 15) is 14.4 Å². The number of hydrogen-bond acceptors (Lipinski definition) is 9. The summed E-state index contributed by atoms with van der Waals surface area (Å²) < 4.78 is 16.4. The van der Waals surface area contributed by atoms with E-state index in [-0.39, 0.29) is 23.9 Å². The van der Waals surface area contributed by atoms with Crippen molar-refractivity contribution in [1.82, 2.24) is 40.4 Å². The van der Waals surface area contributed by atoms with Gasteiger partial charge in [0.05, 0.1) is 62.9 Å². The summed E-state index contributed by atoms with van der Waals surface area (Å²) in [7, 11) is 4.54. The molecule has 5 heterocycles. The van der Waals surface area contributed by atoms with Crippen LogP contribution in [-0.4, -0.2) is 75.5 Å². The van der Waals surface area contributed by atoms with Crippen LogP contribution in [0.5, 0.6) is 5.75 Å². The van der Waals surface area contributed by atoms with Crippen molar-refractivity contribution in [2.45, 2.75) is 49.9 Å². The molecule has 0 saturated carbocycles. The zero-order valence-electron chi connectivity index (χ0n) is 34.1. The largest absolute Gasteiger partial charge is 0.496 e. The molecule has 6 aromatic rings. The van der Waals surface area contributed by atoms with E-state index in [1.807, 2.05) is 83.9 Å². The zero-order valence-corrected chi connectivity index (χ0v) is 34.1. The van der Waals surface area contributed by atoms with Gasteiger partial charge < -0.3 is 39.7 Å². The Morgan fingerprint density at radius 1 is 0.770 bits per heavy atom. The van der Waals surface area contributed by atoms with Crippen molar-refractivity contribution in [3.63, 3.8) is 0 Å². The van der Waals surface area contributed by atoms with Gasteiger partial charge in [-0.05, 0) is 65.6 Å². The van der Waals surface area contributed by atoms with Crippen LogP contribution in [0.4, 0.5) is 4.79 Å². The number of nitrogens with zero attached hydrogens (tertiary/aromatic N) is 4. The summed E-state index contributed by atoms with van der Waals surface area (Å²) in [4.78, 5) is 60.4. The highest BCUT2D eigenvalue weighted by molar-refractivity contribution is 5.88. The molecule has 4 atom stereocenters. The Labute approximate surface area is 353 Å². The first-order valence-electron chi connectivity index (χ1n) is 20.4. The molecule has 310 valence electrons. The molecule has 2 fully saturated rings. The molecule has 14 nitrogen and oxygen atoms in total. The maximum Gasteiger partial charge on any atom is 0.407 e. The van der Waals surface area contributed by atoms with Gasteiger partial charge in [-0.3, -0.25) is 14.5 Å². The van der Waals surface area contributed by atoms with Gasteiger partial charge in [0.15, 0.2) is 0 Å². The Morgan fingerprint density at radius 3 is 2.16 bits per heavy atom. The predicted molar refractivity (Wildman–Crippen MR) is 227 cm³/mol. The molecule has 0 bridgehead atoms. The predicted octanol–water partition coefficient (Wildman–Crippen LogP) is 7.73. The Bertz CT molecular complexity index is 2590. The van der Waals surface area contributed by atoms with Crippen LogP contribution < -0.4 is 15.4 Å². The number of hydrogen-bond donors (Lipinski definition) is 4. The minimum Gasteiger partial charge on any atom is -0.496 e. The van der Waals surface area contributed by atoms with E-state index in [1.54, 1.807) is 25.3 Å². The van der Waals surface area contributed by atoms with Gasteiger partial charge >= 0.3 is 6.09 Å². The molecular formula is C47H46N8O6. The summed E-state index contributed by atoms with van der Waals surface area (Å²) >= 11 is 0. The SMILES string of the molecule is COC(=O)N[C@@H](C(=O)N1CCC[C@H]1c1ncc(-c2cc(-c3ccc(-c4cnc([C@@H]5CCC6=C(OC)N[C@H](c7ccccc7)C(=O)N65)[nH]4)cc3)ccc2OC)[nH]1)c1ccccc1.